The zero-order chi connectivity index (χ0) is 24.8. The van der Waals surface area contributed by atoms with Crippen LogP contribution in [0.5, 0.6) is 0 Å². The number of carbonyl (C=O) groups is 2. The van der Waals surface area contributed by atoms with Crippen molar-refractivity contribution in [1.82, 2.24) is 4.90 Å². The molecule has 1 atom stereocenters. The maximum atomic E-state index is 13.0. The number of carbonyl (C=O) groups excluding carboxylic acids is 1. The van der Waals surface area contributed by atoms with Crippen LogP contribution in [0.4, 0.5) is 4.79 Å². The van der Waals surface area contributed by atoms with Crippen molar-refractivity contribution in [3.63, 3.8) is 0 Å². The van der Waals surface area contributed by atoms with Crippen LogP contribution < -0.4 is 0 Å². The first-order chi connectivity index (χ1) is 15.3. The maximum absolute atomic E-state index is 13.0. The van der Waals surface area contributed by atoms with Crippen molar-refractivity contribution in [3.8, 4) is 0 Å². The summed E-state index contributed by atoms with van der Waals surface area (Å²) in [5.74, 6) is -1.31. The van der Waals surface area contributed by atoms with E-state index in [1.807, 2.05) is 6.07 Å². The fourth-order valence-corrected chi connectivity index (χ4v) is 3.72. The van der Waals surface area contributed by atoms with Gasteiger partial charge in [-0.3, -0.25) is 4.90 Å². The van der Waals surface area contributed by atoms with Crippen LogP contribution in [0.3, 0.4) is 0 Å². The molecule has 0 bridgehead atoms. The number of benzene rings is 2. The van der Waals surface area contributed by atoms with E-state index in [4.69, 9.17) is 4.74 Å². The second-order valence-corrected chi connectivity index (χ2v) is 10.5. The lowest BCUT2D eigenvalue weighted by Crippen LogP contribution is -2.42. The summed E-state index contributed by atoms with van der Waals surface area (Å²) in [7, 11) is -3.47. The molecule has 0 saturated carbocycles. The second-order valence-electron chi connectivity index (χ2n) is 8.47. The topological polar surface area (TPSA) is 121 Å². The molecule has 2 aromatic carbocycles. The highest BCUT2D eigenvalue weighted by Crippen LogP contribution is 2.26. The normalized spacial score (nSPS) is 13.3. The molecule has 0 aliphatic heterocycles. The summed E-state index contributed by atoms with van der Waals surface area (Å²) < 4.78 is 29.0. The number of ether oxygens (including phenoxy) is 1. The van der Waals surface area contributed by atoms with Crippen LogP contribution in [-0.2, 0) is 19.4 Å². The van der Waals surface area contributed by atoms with Crippen LogP contribution in [-0.4, -0.2) is 60.6 Å². The van der Waals surface area contributed by atoms with E-state index in [2.05, 4.69) is 0 Å². The van der Waals surface area contributed by atoms with Gasteiger partial charge in [-0.15, -0.1) is 0 Å². The van der Waals surface area contributed by atoms with Crippen LogP contribution in [0.1, 0.15) is 37.9 Å². The third-order valence-electron chi connectivity index (χ3n) is 4.65. The first kappa shape index (κ1) is 26.1. The highest BCUT2D eigenvalue weighted by atomic mass is 32.2. The van der Waals surface area contributed by atoms with Gasteiger partial charge in [0.25, 0.3) is 0 Å². The minimum absolute atomic E-state index is 0.0331. The van der Waals surface area contributed by atoms with Gasteiger partial charge in [-0.05, 0) is 49.6 Å². The van der Waals surface area contributed by atoms with E-state index in [-0.39, 0.29) is 23.6 Å². The molecule has 0 saturated heterocycles. The number of aliphatic hydroxyl groups excluding tert-OH is 1. The summed E-state index contributed by atoms with van der Waals surface area (Å²) in [5.41, 5.74) is 0.579. The second kappa shape index (κ2) is 10.6. The first-order valence-electron chi connectivity index (χ1n) is 10.2. The molecule has 2 aromatic rings. The quantitative estimate of drug-likeness (QED) is 0.599. The zero-order valence-electron chi connectivity index (χ0n) is 19.1. The van der Waals surface area contributed by atoms with E-state index < -0.39 is 33.5 Å². The molecule has 33 heavy (non-hydrogen) atoms. The third kappa shape index (κ3) is 7.44. The largest absolute Gasteiger partial charge is 0.479 e. The van der Waals surface area contributed by atoms with Crippen molar-refractivity contribution in [1.29, 1.82) is 0 Å². The van der Waals surface area contributed by atoms with E-state index in [0.717, 1.165) is 16.7 Å². The van der Waals surface area contributed by atoms with Gasteiger partial charge in [0.05, 0.1) is 11.5 Å². The highest BCUT2D eigenvalue weighted by Gasteiger charge is 2.34. The van der Waals surface area contributed by atoms with Crippen molar-refractivity contribution in [2.45, 2.75) is 37.3 Å². The molecule has 0 heterocycles. The van der Waals surface area contributed by atoms with Crippen LogP contribution >= 0.6 is 0 Å². The summed E-state index contributed by atoms with van der Waals surface area (Å²) in [6.07, 6.45) is 1.76. The van der Waals surface area contributed by atoms with E-state index >= 15 is 0 Å². The van der Waals surface area contributed by atoms with Crippen LogP contribution in [0.2, 0.25) is 0 Å². The van der Waals surface area contributed by atoms with E-state index in [0.29, 0.717) is 5.57 Å². The Morgan fingerprint density at radius 2 is 1.64 bits per heavy atom. The maximum Gasteiger partial charge on any atom is 0.411 e. The number of carboxylic acid groups (broad SMARTS) is 1. The predicted octanol–water partition coefficient (Wildman–Crippen LogP) is 3.53. The summed E-state index contributed by atoms with van der Waals surface area (Å²) in [6.45, 7) is 4.52. The molecular formula is C24H29NO7S. The van der Waals surface area contributed by atoms with Gasteiger partial charge in [0.2, 0.25) is 0 Å². The van der Waals surface area contributed by atoms with Gasteiger partial charge in [0.15, 0.2) is 15.9 Å². The average Bonchev–Trinajstić information content (AvgIpc) is 2.72. The molecule has 2 rings (SSSR count). The van der Waals surface area contributed by atoms with E-state index in [1.54, 1.807) is 51.1 Å². The monoisotopic (exact) mass is 475 g/mol. The molecular weight excluding hydrogens is 446 g/mol. The molecule has 1 unspecified atom stereocenters. The SMILES string of the molecule is CC(C)(C)OC(=O)N(C/C=C(\CO)c1ccccc1)C(C(=O)O)c1ccc(S(C)(=O)=O)cc1. The summed E-state index contributed by atoms with van der Waals surface area (Å²) in [6, 6.07) is 12.9. The van der Waals surface area contributed by atoms with Gasteiger partial charge < -0.3 is 14.9 Å². The predicted molar refractivity (Wildman–Crippen MR) is 124 cm³/mol. The number of sulfone groups is 1. The van der Waals surface area contributed by atoms with Crippen LogP contribution in [0, 0.1) is 0 Å². The Hall–Kier alpha value is -3.17. The number of nitrogens with zero attached hydrogens (tertiary/aromatic N) is 1. The standard InChI is InChI=1S/C24H29NO7S/c1-24(2,3)32-23(29)25(15-14-19(16-26)17-8-6-5-7-9-17)21(22(27)28)18-10-12-20(13-11-18)33(4,30)31/h5-14,21,26H,15-16H2,1-4H3,(H,27,28)/b19-14+. The van der Waals surface area contributed by atoms with Gasteiger partial charge in [-0.2, -0.15) is 0 Å². The molecule has 0 radical (unpaired) electrons. The smallest absolute Gasteiger partial charge is 0.411 e. The van der Waals surface area contributed by atoms with Crippen molar-refractivity contribution < 1.29 is 33.0 Å². The molecule has 0 spiro atoms. The molecule has 0 aromatic heterocycles. The molecule has 1 amide bonds. The molecule has 0 fully saturated rings. The Bertz CT molecular complexity index is 1100. The van der Waals surface area contributed by atoms with E-state index in [9.17, 15) is 28.2 Å². The average molecular weight is 476 g/mol. The van der Waals surface area contributed by atoms with Gasteiger partial charge >= 0.3 is 12.1 Å². The lowest BCUT2D eigenvalue weighted by atomic mass is 10.0. The number of carboxylic acids is 1. The van der Waals surface area contributed by atoms with Gasteiger partial charge in [-0.1, -0.05) is 48.5 Å². The fourth-order valence-electron chi connectivity index (χ4n) is 3.09. The lowest BCUT2D eigenvalue weighted by Gasteiger charge is -2.31. The minimum atomic E-state index is -3.47. The number of rotatable bonds is 8. The number of amides is 1. The summed E-state index contributed by atoms with van der Waals surface area (Å²) in [5, 5.41) is 19.8. The Morgan fingerprint density at radius 3 is 2.09 bits per heavy atom. The summed E-state index contributed by atoms with van der Waals surface area (Å²) >= 11 is 0. The molecule has 0 aliphatic rings. The van der Waals surface area contributed by atoms with Crippen molar-refractivity contribution in [2.75, 3.05) is 19.4 Å². The minimum Gasteiger partial charge on any atom is -0.479 e. The molecule has 2 N–H and O–H groups in total. The molecule has 8 nitrogen and oxygen atoms in total. The van der Waals surface area contributed by atoms with E-state index in [1.165, 1.54) is 24.3 Å². The summed E-state index contributed by atoms with van der Waals surface area (Å²) in [4.78, 5) is 26.3. The van der Waals surface area contributed by atoms with Gasteiger partial charge in [0.1, 0.15) is 5.60 Å². The van der Waals surface area contributed by atoms with Gasteiger partial charge in [-0.25, -0.2) is 18.0 Å². The number of aliphatic carboxylic acids is 1. The highest BCUT2D eigenvalue weighted by molar-refractivity contribution is 7.90. The van der Waals surface area contributed by atoms with Gasteiger partial charge in [0, 0.05) is 12.8 Å². The molecule has 178 valence electrons. The molecule has 0 aliphatic carbocycles. The number of aliphatic hydroxyl groups is 1. The fraction of sp³-hybridized carbons (Fsp3) is 0.333. The Kier molecular flexibility index (Phi) is 8.40. The van der Waals surface area contributed by atoms with Crippen molar-refractivity contribution >= 4 is 27.5 Å². The third-order valence-corrected chi connectivity index (χ3v) is 5.78. The Morgan fingerprint density at radius 1 is 1.06 bits per heavy atom. The van der Waals surface area contributed by atoms with Crippen LogP contribution in [0.15, 0.2) is 65.6 Å². The number of hydrogen-bond donors (Lipinski definition) is 2. The zero-order valence-corrected chi connectivity index (χ0v) is 19.9. The lowest BCUT2D eigenvalue weighted by molar-refractivity contribution is -0.143. The first-order valence-corrected chi connectivity index (χ1v) is 12.1. The molecule has 9 heteroatoms. The van der Waals surface area contributed by atoms with Crippen molar-refractivity contribution in [3.05, 3.63) is 71.8 Å². The Labute approximate surface area is 194 Å². The van der Waals surface area contributed by atoms with Crippen molar-refractivity contribution in [2.24, 2.45) is 0 Å². The Balaban J connectivity index is 2.50. The van der Waals surface area contributed by atoms with Crippen LogP contribution in [0.25, 0.3) is 5.57 Å². The number of hydrogen-bond acceptors (Lipinski definition) is 6.